The first kappa shape index (κ1) is 17.1. The van der Waals surface area contributed by atoms with Crippen molar-refractivity contribution in [3.05, 3.63) is 59.7 Å². The van der Waals surface area contributed by atoms with Crippen molar-refractivity contribution >= 4 is 5.78 Å². The average molecular weight is 312 g/mol. The summed E-state index contributed by atoms with van der Waals surface area (Å²) in [5.41, 5.74) is 2.08. The summed E-state index contributed by atoms with van der Waals surface area (Å²) in [4.78, 5) is 12.4. The number of Topliss-reactive ketones (excluding diaryl/α,β-unsaturated/α-hetero) is 1. The summed E-state index contributed by atoms with van der Waals surface area (Å²) in [5, 5.41) is 0. The van der Waals surface area contributed by atoms with Gasteiger partial charge in [-0.05, 0) is 23.8 Å². The maximum atomic E-state index is 12.4. The molecule has 2 rings (SSSR count). The van der Waals surface area contributed by atoms with Crippen LogP contribution in [0.2, 0.25) is 0 Å². The Labute approximate surface area is 138 Å². The van der Waals surface area contributed by atoms with E-state index in [0.717, 1.165) is 22.6 Å². The van der Waals surface area contributed by atoms with Gasteiger partial charge in [-0.2, -0.15) is 0 Å². The van der Waals surface area contributed by atoms with Gasteiger partial charge in [0, 0.05) is 23.8 Å². The third-order valence-electron chi connectivity index (χ3n) is 4.06. The third kappa shape index (κ3) is 4.13. The maximum Gasteiger partial charge on any atom is 0.136 e. The van der Waals surface area contributed by atoms with Crippen LogP contribution in [-0.4, -0.2) is 20.0 Å². The standard InChI is InChI=1S/C20H24O3/c1-14(2)19(21)13-17(15-8-6-5-7-9-15)18-12-16(22-3)10-11-20(18)23-4/h5-12,14,17H,13H2,1-4H3. The molecule has 0 aliphatic heterocycles. The average Bonchev–Trinajstić information content (AvgIpc) is 2.59. The van der Waals surface area contributed by atoms with Gasteiger partial charge in [-0.3, -0.25) is 4.79 Å². The zero-order valence-electron chi connectivity index (χ0n) is 14.2. The first-order valence-electron chi connectivity index (χ1n) is 7.86. The van der Waals surface area contributed by atoms with Gasteiger partial charge in [0.15, 0.2) is 0 Å². The molecule has 0 saturated heterocycles. The quantitative estimate of drug-likeness (QED) is 0.757. The van der Waals surface area contributed by atoms with Gasteiger partial charge in [0.2, 0.25) is 0 Å². The molecule has 122 valence electrons. The van der Waals surface area contributed by atoms with Crippen molar-refractivity contribution < 1.29 is 14.3 Å². The van der Waals surface area contributed by atoms with Gasteiger partial charge in [0.1, 0.15) is 17.3 Å². The van der Waals surface area contributed by atoms with Crippen molar-refractivity contribution in [3.63, 3.8) is 0 Å². The highest BCUT2D eigenvalue weighted by Gasteiger charge is 2.23. The van der Waals surface area contributed by atoms with E-state index in [1.807, 2.05) is 50.2 Å². The number of benzene rings is 2. The zero-order valence-corrected chi connectivity index (χ0v) is 14.2. The minimum Gasteiger partial charge on any atom is -0.497 e. The summed E-state index contributed by atoms with van der Waals surface area (Å²) in [6, 6.07) is 15.8. The lowest BCUT2D eigenvalue weighted by molar-refractivity contribution is -0.122. The molecule has 3 nitrogen and oxygen atoms in total. The minimum atomic E-state index is -0.0452. The van der Waals surface area contributed by atoms with E-state index in [1.165, 1.54) is 0 Å². The van der Waals surface area contributed by atoms with E-state index >= 15 is 0 Å². The van der Waals surface area contributed by atoms with E-state index in [2.05, 4.69) is 12.1 Å². The molecule has 2 aromatic rings. The number of methoxy groups -OCH3 is 2. The fourth-order valence-corrected chi connectivity index (χ4v) is 2.64. The van der Waals surface area contributed by atoms with E-state index in [9.17, 15) is 4.79 Å². The monoisotopic (exact) mass is 312 g/mol. The number of ketones is 1. The lowest BCUT2D eigenvalue weighted by atomic mass is 9.84. The molecule has 1 atom stereocenters. The van der Waals surface area contributed by atoms with Gasteiger partial charge < -0.3 is 9.47 Å². The molecular formula is C20H24O3. The first-order valence-corrected chi connectivity index (χ1v) is 7.86. The Balaban J connectivity index is 2.51. The number of ether oxygens (including phenoxy) is 2. The predicted octanol–water partition coefficient (Wildman–Crippen LogP) is 4.45. The molecule has 2 aromatic carbocycles. The molecule has 1 unspecified atom stereocenters. The second-order valence-corrected chi connectivity index (χ2v) is 5.90. The van der Waals surface area contributed by atoms with Gasteiger partial charge in [-0.1, -0.05) is 44.2 Å². The molecule has 0 saturated carbocycles. The van der Waals surface area contributed by atoms with Crippen molar-refractivity contribution in [1.29, 1.82) is 0 Å². The van der Waals surface area contributed by atoms with Gasteiger partial charge in [0.05, 0.1) is 14.2 Å². The number of hydrogen-bond acceptors (Lipinski definition) is 3. The number of carbonyl (C=O) groups excluding carboxylic acids is 1. The van der Waals surface area contributed by atoms with Crippen LogP contribution in [-0.2, 0) is 4.79 Å². The molecule has 0 amide bonds. The van der Waals surface area contributed by atoms with Crippen molar-refractivity contribution in [2.24, 2.45) is 5.92 Å². The SMILES string of the molecule is COc1ccc(OC)c(C(CC(=O)C(C)C)c2ccccc2)c1. The lowest BCUT2D eigenvalue weighted by Gasteiger charge is -2.21. The fourth-order valence-electron chi connectivity index (χ4n) is 2.64. The van der Waals surface area contributed by atoms with Crippen molar-refractivity contribution in [1.82, 2.24) is 0 Å². The lowest BCUT2D eigenvalue weighted by Crippen LogP contribution is -2.14. The van der Waals surface area contributed by atoms with Crippen LogP contribution in [0.1, 0.15) is 37.3 Å². The summed E-state index contributed by atoms with van der Waals surface area (Å²) in [5.74, 6) is 1.74. The Morgan fingerprint density at radius 1 is 1.00 bits per heavy atom. The van der Waals surface area contributed by atoms with E-state index in [-0.39, 0.29) is 17.6 Å². The Bertz CT molecular complexity index is 647. The molecule has 3 heteroatoms. The molecule has 0 heterocycles. The minimum absolute atomic E-state index is 0.0119. The number of rotatable bonds is 7. The molecule has 0 spiro atoms. The molecule has 23 heavy (non-hydrogen) atoms. The van der Waals surface area contributed by atoms with Crippen LogP contribution >= 0.6 is 0 Å². The maximum absolute atomic E-state index is 12.4. The van der Waals surface area contributed by atoms with Gasteiger partial charge in [0.25, 0.3) is 0 Å². The second kappa shape index (κ2) is 7.82. The zero-order chi connectivity index (χ0) is 16.8. The van der Waals surface area contributed by atoms with Crippen LogP contribution in [0, 0.1) is 5.92 Å². The van der Waals surface area contributed by atoms with Crippen molar-refractivity contribution in [2.45, 2.75) is 26.2 Å². The summed E-state index contributed by atoms with van der Waals surface area (Å²) >= 11 is 0. The molecule has 0 aromatic heterocycles. The fraction of sp³-hybridized carbons (Fsp3) is 0.350. The van der Waals surface area contributed by atoms with Crippen molar-refractivity contribution in [2.75, 3.05) is 14.2 Å². The summed E-state index contributed by atoms with van der Waals surface area (Å²) < 4.78 is 10.9. The smallest absolute Gasteiger partial charge is 0.136 e. The Morgan fingerprint density at radius 3 is 2.26 bits per heavy atom. The largest absolute Gasteiger partial charge is 0.497 e. The van der Waals surface area contributed by atoms with Crippen LogP contribution < -0.4 is 9.47 Å². The van der Waals surface area contributed by atoms with Crippen LogP contribution in [0.15, 0.2) is 48.5 Å². The molecule has 0 fully saturated rings. The predicted molar refractivity (Wildman–Crippen MR) is 92.3 cm³/mol. The van der Waals surface area contributed by atoms with Crippen LogP contribution in [0.4, 0.5) is 0 Å². The molecule has 0 aliphatic carbocycles. The highest BCUT2D eigenvalue weighted by molar-refractivity contribution is 5.81. The highest BCUT2D eigenvalue weighted by atomic mass is 16.5. The third-order valence-corrected chi connectivity index (χ3v) is 4.06. The van der Waals surface area contributed by atoms with Gasteiger partial charge >= 0.3 is 0 Å². The van der Waals surface area contributed by atoms with E-state index in [4.69, 9.17) is 9.47 Å². The summed E-state index contributed by atoms with van der Waals surface area (Å²) in [7, 11) is 3.29. The van der Waals surface area contributed by atoms with E-state index in [1.54, 1.807) is 14.2 Å². The summed E-state index contributed by atoms with van der Waals surface area (Å²) in [6.07, 6.45) is 0.450. The van der Waals surface area contributed by atoms with Gasteiger partial charge in [-0.25, -0.2) is 0 Å². The molecule has 0 aliphatic rings. The molecule has 0 bridgehead atoms. The Kier molecular flexibility index (Phi) is 5.80. The molecule has 0 N–H and O–H groups in total. The van der Waals surface area contributed by atoms with Crippen LogP contribution in [0.5, 0.6) is 11.5 Å². The van der Waals surface area contributed by atoms with Gasteiger partial charge in [-0.15, -0.1) is 0 Å². The molecular weight excluding hydrogens is 288 g/mol. The topological polar surface area (TPSA) is 35.5 Å². The Morgan fingerprint density at radius 2 is 1.70 bits per heavy atom. The second-order valence-electron chi connectivity index (χ2n) is 5.90. The number of carbonyl (C=O) groups is 1. The summed E-state index contributed by atoms with van der Waals surface area (Å²) in [6.45, 7) is 3.88. The van der Waals surface area contributed by atoms with Crippen LogP contribution in [0.25, 0.3) is 0 Å². The Hall–Kier alpha value is -2.29. The highest BCUT2D eigenvalue weighted by Crippen LogP contribution is 2.37. The van der Waals surface area contributed by atoms with Crippen LogP contribution in [0.3, 0.4) is 0 Å². The normalized spacial score (nSPS) is 12.0. The van der Waals surface area contributed by atoms with E-state index in [0.29, 0.717) is 6.42 Å². The first-order chi connectivity index (χ1) is 11.1. The van der Waals surface area contributed by atoms with Crippen molar-refractivity contribution in [3.8, 4) is 11.5 Å². The van der Waals surface area contributed by atoms with E-state index < -0.39 is 0 Å². The number of hydrogen-bond donors (Lipinski definition) is 0. The molecule has 0 radical (unpaired) electrons.